The van der Waals surface area contributed by atoms with Crippen LogP contribution >= 0.6 is 0 Å². The van der Waals surface area contributed by atoms with Crippen LogP contribution in [0.3, 0.4) is 0 Å². The summed E-state index contributed by atoms with van der Waals surface area (Å²) >= 11 is 0. The highest BCUT2D eigenvalue weighted by molar-refractivity contribution is 5.79. The minimum atomic E-state index is -0.259. The van der Waals surface area contributed by atoms with Gasteiger partial charge in [-0.3, -0.25) is 4.99 Å². The van der Waals surface area contributed by atoms with Crippen molar-refractivity contribution in [3.63, 3.8) is 0 Å². The van der Waals surface area contributed by atoms with E-state index in [1.165, 1.54) is 17.7 Å². The minimum absolute atomic E-state index is 0.259. The van der Waals surface area contributed by atoms with Gasteiger partial charge in [-0.25, -0.2) is 4.39 Å². The minimum Gasteiger partial charge on any atom is -0.492 e. The molecule has 0 radical (unpaired) electrons. The molecule has 25 heavy (non-hydrogen) atoms. The largest absolute Gasteiger partial charge is 0.492 e. The van der Waals surface area contributed by atoms with Crippen LogP contribution in [0.2, 0.25) is 0 Å². The fourth-order valence-electron chi connectivity index (χ4n) is 2.50. The fourth-order valence-corrected chi connectivity index (χ4v) is 2.50. The first-order valence-electron chi connectivity index (χ1n) is 8.82. The van der Waals surface area contributed by atoms with E-state index in [1.807, 2.05) is 11.9 Å². The van der Waals surface area contributed by atoms with Crippen molar-refractivity contribution >= 4 is 5.96 Å². The van der Waals surface area contributed by atoms with E-state index in [-0.39, 0.29) is 5.82 Å². The van der Waals surface area contributed by atoms with Crippen LogP contribution in [-0.4, -0.2) is 57.4 Å². The number of hydrogen-bond acceptors (Lipinski definition) is 3. The number of likely N-dealkylation sites (N-methyl/N-ethyl adjacent to an activating group) is 1. The molecule has 0 fully saturated rings. The molecule has 5 nitrogen and oxygen atoms in total. The highest BCUT2D eigenvalue weighted by Gasteiger charge is 2.07. The summed E-state index contributed by atoms with van der Waals surface area (Å²) in [5, 5.41) is 3.30. The van der Waals surface area contributed by atoms with E-state index in [4.69, 9.17) is 9.47 Å². The third-order valence-corrected chi connectivity index (χ3v) is 3.96. The van der Waals surface area contributed by atoms with Gasteiger partial charge in [-0.05, 0) is 44.0 Å². The van der Waals surface area contributed by atoms with Crippen molar-refractivity contribution in [1.82, 2.24) is 10.2 Å². The summed E-state index contributed by atoms with van der Waals surface area (Å²) in [6.07, 6.45) is 4.14. The highest BCUT2D eigenvalue weighted by Crippen LogP contribution is 2.12. The standard InChI is InChI=1S/C19H28FN3O2/c1-3-21-19(22-11-8-16-9-13-24-14-10-16)23(2)12-15-25-18-6-4-17(20)5-7-18/h4-7,9H,3,8,10-15H2,1-2H3,(H,21,22). The Labute approximate surface area is 149 Å². The zero-order valence-corrected chi connectivity index (χ0v) is 15.1. The van der Waals surface area contributed by atoms with Gasteiger partial charge in [-0.15, -0.1) is 0 Å². The molecule has 1 aromatic carbocycles. The zero-order valence-electron chi connectivity index (χ0n) is 15.1. The topological polar surface area (TPSA) is 46.1 Å². The summed E-state index contributed by atoms with van der Waals surface area (Å²) < 4.78 is 23.9. The number of benzene rings is 1. The molecule has 1 aliphatic rings. The summed E-state index contributed by atoms with van der Waals surface area (Å²) in [7, 11) is 1.99. The first-order valence-corrected chi connectivity index (χ1v) is 8.82. The Hall–Kier alpha value is -2.08. The van der Waals surface area contributed by atoms with Gasteiger partial charge >= 0.3 is 0 Å². The average molecular weight is 349 g/mol. The van der Waals surface area contributed by atoms with Crippen LogP contribution in [0.15, 0.2) is 40.9 Å². The molecule has 138 valence electrons. The molecule has 1 heterocycles. The molecule has 0 atom stereocenters. The Morgan fingerprint density at radius 1 is 1.36 bits per heavy atom. The van der Waals surface area contributed by atoms with E-state index < -0.39 is 0 Å². The van der Waals surface area contributed by atoms with Crippen molar-refractivity contribution < 1.29 is 13.9 Å². The molecule has 1 N–H and O–H groups in total. The Morgan fingerprint density at radius 2 is 2.16 bits per heavy atom. The van der Waals surface area contributed by atoms with Crippen molar-refractivity contribution in [2.24, 2.45) is 4.99 Å². The smallest absolute Gasteiger partial charge is 0.193 e. The van der Waals surface area contributed by atoms with Crippen LogP contribution in [-0.2, 0) is 4.74 Å². The van der Waals surface area contributed by atoms with Crippen LogP contribution < -0.4 is 10.1 Å². The lowest BCUT2D eigenvalue weighted by molar-refractivity contribution is 0.153. The number of halogens is 1. The molecular formula is C19H28FN3O2. The second kappa shape index (κ2) is 10.7. The molecule has 1 aliphatic heterocycles. The van der Waals surface area contributed by atoms with Crippen LogP contribution in [0, 0.1) is 5.82 Å². The summed E-state index contributed by atoms with van der Waals surface area (Å²) in [6.45, 7) is 6.38. The first-order chi connectivity index (χ1) is 12.2. The van der Waals surface area contributed by atoms with E-state index in [0.29, 0.717) is 18.9 Å². The van der Waals surface area contributed by atoms with Crippen LogP contribution in [0.1, 0.15) is 19.8 Å². The maximum absolute atomic E-state index is 12.9. The van der Waals surface area contributed by atoms with Gasteiger partial charge in [0, 0.05) is 20.1 Å². The molecule has 0 aliphatic carbocycles. The van der Waals surface area contributed by atoms with E-state index in [1.54, 1.807) is 12.1 Å². The number of aliphatic imine (C=N–C) groups is 1. The zero-order chi connectivity index (χ0) is 17.9. The first kappa shape index (κ1) is 19.2. The summed E-state index contributed by atoms with van der Waals surface area (Å²) in [6, 6.07) is 6.07. The Bertz CT molecular complexity index is 573. The normalized spacial score (nSPS) is 14.8. The predicted molar refractivity (Wildman–Crippen MR) is 98.6 cm³/mol. The van der Waals surface area contributed by atoms with Crippen LogP contribution in [0.4, 0.5) is 4.39 Å². The van der Waals surface area contributed by atoms with Crippen molar-refractivity contribution in [1.29, 1.82) is 0 Å². The molecule has 0 saturated heterocycles. The summed E-state index contributed by atoms with van der Waals surface area (Å²) in [5.41, 5.74) is 1.42. The molecule has 0 aromatic heterocycles. The van der Waals surface area contributed by atoms with E-state index in [2.05, 4.69) is 23.3 Å². The molecule has 6 heteroatoms. The highest BCUT2D eigenvalue weighted by atomic mass is 19.1. The van der Waals surface area contributed by atoms with E-state index in [9.17, 15) is 4.39 Å². The Kier molecular flexibility index (Phi) is 8.25. The average Bonchev–Trinajstić information content (AvgIpc) is 2.63. The Balaban J connectivity index is 1.77. The molecule has 1 aromatic rings. The summed E-state index contributed by atoms with van der Waals surface area (Å²) in [4.78, 5) is 6.74. The van der Waals surface area contributed by atoms with Crippen molar-refractivity contribution in [3.05, 3.63) is 41.7 Å². The maximum atomic E-state index is 12.9. The van der Waals surface area contributed by atoms with E-state index in [0.717, 1.165) is 45.1 Å². The molecule has 0 bridgehead atoms. The third-order valence-electron chi connectivity index (χ3n) is 3.96. The molecule has 0 amide bonds. The Morgan fingerprint density at radius 3 is 2.84 bits per heavy atom. The summed E-state index contributed by atoms with van der Waals surface area (Å²) in [5.74, 6) is 1.28. The van der Waals surface area contributed by atoms with Gasteiger partial charge in [0.1, 0.15) is 18.2 Å². The molecule has 0 unspecified atom stereocenters. The third kappa shape index (κ3) is 7.13. The van der Waals surface area contributed by atoms with Gasteiger partial charge in [0.2, 0.25) is 0 Å². The van der Waals surface area contributed by atoms with E-state index >= 15 is 0 Å². The van der Waals surface area contributed by atoms with Crippen molar-refractivity contribution in [2.75, 3.05) is 46.5 Å². The number of rotatable bonds is 8. The quantitative estimate of drug-likeness (QED) is 0.445. The fraction of sp³-hybridized carbons (Fsp3) is 0.526. The molecule has 2 rings (SSSR count). The van der Waals surface area contributed by atoms with Gasteiger partial charge in [-0.1, -0.05) is 11.6 Å². The van der Waals surface area contributed by atoms with Crippen molar-refractivity contribution in [3.8, 4) is 5.75 Å². The lowest BCUT2D eigenvalue weighted by atomic mass is 10.1. The van der Waals surface area contributed by atoms with Crippen molar-refractivity contribution in [2.45, 2.75) is 19.8 Å². The predicted octanol–water partition coefficient (Wildman–Crippen LogP) is 2.84. The SMILES string of the molecule is CCNC(=NCCC1=CCOCC1)N(C)CCOc1ccc(F)cc1. The maximum Gasteiger partial charge on any atom is 0.193 e. The number of ether oxygens (including phenoxy) is 2. The molecule has 0 spiro atoms. The number of guanidine groups is 1. The number of hydrogen-bond donors (Lipinski definition) is 1. The lowest BCUT2D eigenvalue weighted by Crippen LogP contribution is -2.41. The number of nitrogens with zero attached hydrogens (tertiary/aromatic N) is 2. The monoisotopic (exact) mass is 349 g/mol. The van der Waals surface area contributed by atoms with Gasteiger partial charge in [0.15, 0.2) is 5.96 Å². The second-order valence-electron chi connectivity index (χ2n) is 5.90. The van der Waals surface area contributed by atoms with Gasteiger partial charge in [0.05, 0.1) is 19.8 Å². The second-order valence-corrected chi connectivity index (χ2v) is 5.90. The van der Waals surface area contributed by atoms with Gasteiger partial charge in [-0.2, -0.15) is 0 Å². The van der Waals surface area contributed by atoms with Gasteiger partial charge < -0.3 is 19.7 Å². The lowest BCUT2D eigenvalue weighted by Gasteiger charge is -2.22. The molecular weight excluding hydrogens is 321 g/mol. The molecule has 0 saturated carbocycles. The number of nitrogens with one attached hydrogen (secondary N) is 1. The van der Waals surface area contributed by atoms with Crippen LogP contribution in [0.25, 0.3) is 0 Å². The van der Waals surface area contributed by atoms with Gasteiger partial charge in [0.25, 0.3) is 0 Å². The van der Waals surface area contributed by atoms with Crippen LogP contribution in [0.5, 0.6) is 5.75 Å².